The van der Waals surface area contributed by atoms with Crippen LogP contribution in [-0.4, -0.2) is 57.3 Å². The van der Waals surface area contributed by atoms with E-state index in [4.69, 9.17) is 32.7 Å². The van der Waals surface area contributed by atoms with Crippen molar-refractivity contribution in [3.63, 3.8) is 0 Å². The summed E-state index contributed by atoms with van der Waals surface area (Å²) in [5.41, 5.74) is 1.82. The Bertz CT molecular complexity index is 1530. The minimum absolute atomic E-state index is 0.00793. The van der Waals surface area contributed by atoms with Crippen LogP contribution < -0.4 is 19.1 Å². The van der Waals surface area contributed by atoms with Crippen LogP contribution in [0, 0.1) is 0 Å². The van der Waals surface area contributed by atoms with Gasteiger partial charge in [-0.15, -0.1) is 0 Å². The van der Waals surface area contributed by atoms with Gasteiger partial charge in [-0.3, -0.25) is 13.9 Å². The first-order valence-corrected chi connectivity index (χ1v) is 17.1. The number of carbonyl (C=O) groups is 2. The van der Waals surface area contributed by atoms with Gasteiger partial charge >= 0.3 is 0 Å². The summed E-state index contributed by atoms with van der Waals surface area (Å²) >= 11 is 13.0. The molecule has 1 heterocycles. The normalized spacial score (nSPS) is 12.9. The summed E-state index contributed by atoms with van der Waals surface area (Å²) in [6.07, 6.45) is 3.27. The molecule has 0 aromatic heterocycles. The van der Waals surface area contributed by atoms with E-state index in [1.165, 1.54) is 9.21 Å². The van der Waals surface area contributed by atoms with E-state index in [1.807, 2.05) is 37.3 Å². The van der Waals surface area contributed by atoms with Gasteiger partial charge in [0.05, 0.1) is 11.9 Å². The number of ether oxygens (including phenoxy) is 2. The van der Waals surface area contributed by atoms with Crippen molar-refractivity contribution in [3.8, 4) is 11.5 Å². The summed E-state index contributed by atoms with van der Waals surface area (Å²) in [4.78, 5) is 29.2. The van der Waals surface area contributed by atoms with Gasteiger partial charge in [-0.05, 0) is 42.7 Å². The Morgan fingerprint density at radius 2 is 1.66 bits per heavy atom. The number of rotatable bonds is 15. The maximum absolute atomic E-state index is 14.0. The van der Waals surface area contributed by atoms with Gasteiger partial charge in [0, 0.05) is 54.2 Å². The van der Waals surface area contributed by atoms with Crippen molar-refractivity contribution in [2.45, 2.75) is 51.6 Å². The van der Waals surface area contributed by atoms with Crippen molar-refractivity contribution in [3.05, 3.63) is 87.9 Å². The highest BCUT2D eigenvalue weighted by Crippen LogP contribution is 2.36. The summed E-state index contributed by atoms with van der Waals surface area (Å²) in [6.45, 7) is 2.62. The molecular weight excluding hydrogens is 625 g/mol. The summed E-state index contributed by atoms with van der Waals surface area (Å²) in [7, 11) is -3.68. The first-order chi connectivity index (χ1) is 21.1. The maximum Gasteiger partial charge on any atom is 0.243 e. The van der Waals surface area contributed by atoms with Crippen molar-refractivity contribution in [1.82, 2.24) is 10.2 Å². The lowest BCUT2D eigenvalue weighted by Crippen LogP contribution is -2.50. The van der Waals surface area contributed by atoms with Crippen LogP contribution in [0.3, 0.4) is 0 Å². The first-order valence-electron chi connectivity index (χ1n) is 14.5. The van der Waals surface area contributed by atoms with E-state index in [2.05, 4.69) is 5.32 Å². The van der Waals surface area contributed by atoms with Crippen LogP contribution in [0.1, 0.15) is 43.7 Å². The Balaban J connectivity index is 1.60. The van der Waals surface area contributed by atoms with Gasteiger partial charge in [0.15, 0.2) is 11.5 Å². The van der Waals surface area contributed by atoms with Crippen molar-refractivity contribution in [2.75, 3.05) is 30.4 Å². The molecule has 1 atom stereocenters. The molecule has 1 aliphatic rings. The number of anilines is 1. The highest BCUT2D eigenvalue weighted by Gasteiger charge is 2.31. The molecule has 1 aliphatic heterocycles. The van der Waals surface area contributed by atoms with Crippen molar-refractivity contribution in [1.29, 1.82) is 0 Å². The molecule has 0 bridgehead atoms. The lowest BCUT2D eigenvalue weighted by atomic mass is 10.0. The number of fused-ring (bicyclic) bond motifs is 1. The fraction of sp³-hybridized carbons (Fsp3) is 0.375. The number of benzene rings is 3. The van der Waals surface area contributed by atoms with Crippen LogP contribution in [0.15, 0.2) is 66.7 Å². The van der Waals surface area contributed by atoms with Gasteiger partial charge < -0.3 is 19.7 Å². The van der Waals surface area contributed by atoms with Crippen molar-refractivity contribution >= 4 is 50.7 Å². The number of carbonyl (C=O) groups excluding carboxylic acids is 2. The van der Waals surface area contributed by atoms with E-state index in [0.29, 0.717) is 39.3 Å². The number of unbranched alkanes of at least 4 members (excludes halogenated alkanes) is 1. The molecule has 0 spiro atoms. The van der Waals surface area contributed by atoms with Gasteiger partial charge in [0.25, 0.3) is 0 Å². The highest BCUT2D eigenvalue weighted by atomic mass is 35.5. The summed E-state index contributed by atoms with van der Waals surface area (Å²) in [6, 6.07) is 18.6. The molecule has 44 heavy (non-hydrogen) atoms. The number of sulfonamides is 1. The molecule has 0 fully saturated rings. The largest absolute Gasteiger partial charge is 0.454 e. The van der Waals surface area contributed by atoms with E-state index in [1.54, 1.807) is 36.4 Å². The smallest absolute Gasteiger partial charge is 0.243 e. The van der Waals surface area contributed by atoms with E-state index in [-0.39, 0.29) is 51.0 Å². The zero-order valence-corrected chi connectivity index (χ0v) is 27.1. The van der Waals surface area contributed by atoms with Crippen LogP contribution in [0.25, 0.3) is 0 Å². The number of nitrogens with zero attached hydrogens (tertiary/aromatic N) is 2. The summed E-state index contributed by atoms with van der Waals surface area (Å²) in [5.74, 6) is 0.379. The quantitative estimate of drug-likeness (QED) is 0.206. The Kier molecular flexibility index (Phi) is 11.8. The first kappa shape index (κ1) is 33.4. The molecule has 1 N–H and O–H groups in total. The van der Waals surface area contributed by atoms with E-state index < -0.39 is 16.1 Å². The number of hydrogen-bond acceptors (Lipinski definition) is 6. The van der Waals surface area contributed by atoms with Crippen LogP contribution in [0.4, 0.5) is 5.69 Å². The molecule has 2 amide bonds. The van der Waals surface area contributed by atoms with E-state index >= 15 is 0 Å². The number of hydrogen-bond donors (Lipinski definition) is 1. The molecule has 12 heteroatoms. The fourth-order valence-corrected chi connectivity index (χ4v) is 6.43. The Hall–Kier alpha value is -3.47. The second kappa shape index (κ2) is 15.5. The molecule has 0 saturated heterocycles. The maximum atomic E-state index is 14.0. The van der Waals surface area contributed by atoms with E-state index in [0.717, 1.165) is 24.7 Å². The fourth-order valence-electron chi connectivity index (χ4n) is 4.96. The number of nitrogens with one attached hydrogen (secondary N) is 1. The zero-order valence-electron chi connectivity index (χ0n) is 24.8. The Morgan fingerprint density at radius 1 is 0.955 bits per heavy atom. The average Bonchev–Trinajstić information content (AvgIpc) is 3.46. The monoisotopic (exact) mass is 661 g/mol. The highest BCUT2D eigenvalue weighted by molar-refractivity contribution is 7.92. The predicted octanol–water partition coefficient (Wildman–Crippen LogP) is 5.82. The van der Waals surface area contributed by atoms with Gasteiger partial charge in [-0.25, -0.2) is 8.42 Å². The van der Waals surface area contributed by atoms with Gasteiger partial charge in [0.2, 0.25) is 28.6 Å². The Labute approximate surface area is 269 Å². The van der Waals surface area contributed by atoms with Gasteiger partial charge in [-0.1, -0.05) is 72.9 Å². The number of halogens is 2. The lowest BCUT2D eigenvalue weighted by Gasteiger charge is -2.32. The van der Waals surface area contributed by atoms with Crippen LogP contribution >= 0.6 is 23.2 Å². The van der Waals surface area contributed by atoms with Gasteiger partial charge in [0.1, 0.15) is 6.04 Å². The third-order valence-electron chi connectivity index (χ3n) is 7.29. The Morgan fingerprint density at radius 3 is 2.34 bits per heavy atom. The second-order valence-electron chi connectivity index (χ2n) is 10.5. The molecule has 0 radical (unpaired) electrons. The van der Waals surface area contributed by atoms with Crippen LogP contribution in [-0.2, 0) is 32.6 Å². The predicted molar refractivity (Wildman–Crippen MR) is 173 cm³/mol. The third kappa shape index (κ3) is 8.80. The molecule has 4 rings (SSSR count). The second-order valence-corrected chi connectivity index (χ2v) is 13.3. The third-order valence-corrected chi connectivity index (χ3v) is 9.19. The van der Waals surface area contributed by atoms with Crippen molar-refractivity contribution < 1.29 is 27.5 Å². The van der Waals surface area contributed by atoms with Crippen LogP contribution in [0.5, 0.6) is 11.5 Å². The molecule has 0 saturated carbocycles. The summed E-state index contributed by atoms with van der Waals surface area (Å²) < 4.78 is 37.5. The van der Waals surface area contributed by atoms with Crippen molar-refractivity contribution in [2.24, 2.45) is 0 Å². The molecule has 3 aromatic rings. The number of amides is 2. The van der Waals surface area contributed by atoms with Crippen LogP contribution in [0.2, 0.25) is 10.0 Å². The minimum Gasteiger partial charge on any atom is -0.454 e. The molecule has 9 nitrogen and oxygen atoms in total. The zero-order chi connectivity index (χ0) is 31.7. The van der Waals surface area contributed by atoms with E-state index in [9.17, 15) is 18.0 Å². The standard InChI is InChI=1S/C32H37Cl2N3O6S/c1-3-4-17-35-32(39)28(19-23-10-6-5-7-11-23)36(21-25-26(33)12-8-13-27(25)34)31(38)14-9-18-37(44(2,40)41)24-15-16-29-30(20-24)43-22-42-29/h5-8,10-13,15-16,20,28H,3-4,9,14,17-19,21-22H2,1-2H3,(H,35,39)/t28-/m0/s1. The van der Waals surface area contributed by atoms with Gasteiger partial charge in [-0.2, -0.15) is 0 Å². The summed E-state index contributed by atoms with van der Waals surface area (Å²) in [5, 5.41) is 3.74. The molecule has 236 valence electrons. The minimum atomic E-state index is -3.68. The molecule has 0 unspecified atom stereocenters. The molecular formula is C32H37Cl2N3O6S. The molecule has 0 aliphatic carbocycles. The lowest BCUT2D eigenvalue weighted by molar-refractivity contribution is -0.141. The molecule has 3 aromatic carbocycles. The average molecular weight is 663 g/mol. The topological polar surface area (TPSA) is 105 Å². The SMILES string of the molecule is CCCCNC(=O)[C@H](Cc1ccccc1)N(Cc1c(Cl)cccc1Cl)C(=O)CCCN(c1ccc2c(c1)OCO2)S(C)(=O)=O.